The van der Waals surface area contributed by atoms with Crippen molar-refractivity contribution >= 4 is 5.91 Å². The summed E-state index contributed by atoms with van der Waals surface area (Å²) >= 11 is 0. The van der Waals surface area contributed by atoms with Gasteiger partial charge in [-0.3, -0.25) is 19.1 Å². The summed E-state index contributed by atoms with van der Waals surface area (Å²) < 4.78 is 1.29. The second kappa shape index (κ2) is 8.37. The summed E-state index contributed by atoms with van der Waals surface area (Å²) in [6.07, 6.45) is 5.67. The van der Waals surface area contributed by atoms with E-state index in [-0.39, 0.29) is 12.5 Å². The number of piperidine rings is 1. The van der Waals surface area contributed by atoms with Gasteiger partial charge in [0.1, 0.15) is 6.54 Å². The summed E-state index contributed by atoms with van der Waals surface area (Å²) in [5.41, 5.74) is 2.17. The predicted molar refractivity (Wildman–Crippen MR) is 105 cm³/mol. The molecule has 2 aromatic rings. The molecule has 1 aromatic carbocycles. The summed E-state index contributed by atoms with van der Waals surface area (Å²) in [5, 5.41) is 0. The molecular formula is C21H27N3O3. The van der Waals surface area contributed by atoms with Gasteiger partial charge in [0.15, 0.2) is 0 Å². The number of hydrogen-bond acceptors (Lipinski definition) is 3. The van der Waals surface area contributed by atoms with Crippen molar-refractivity contribution in [3.05, 3.63) is 68.0 Å². The van der Waals surface area contributed by atoms with Gasteiger partial charge in [0, 0.05) is 24.8 Å². The van der Waals surface area contributed by atoms with Crippen molar-refractivity contribution in [3.63, 3.8) is 0 Å². The number of likely N-dealkylation sites (tertiary alicyclic amines) is 1. The van der Waals surface area contributed by atoms with E-state index >= 15 is 0 Å². The number of amides is 1. The van der Waals surface area contributed by atoms with E-state index < -0.39 is 11.2 Å². The van der Waals surface area contributed by atoms with E-state index in [1.807, 2.05) is 4.90 Å². The van der Waals surface area contributed by atoms with Crippen molar-refractivity contribution in [1.29, 1.82) is 0 Å². The number of carbonyl (C=O) groups is 1. The van der Waals surface area contributed by atoms with Crippen LogP contribution in [0.2, 0.25) is 0 Å². The Morgan fingerprint density at radius 3 is 2.74 bits per heavy atom. The minimum Gasteiger partial charge on any atom is -0.341 e. The van der Waals surface area contributed by atoms with Crippen molar-refractivity contribution < 1.29 is 4.79 Å². The normalized spacial score (nSPS) is 17.1. The number of carbonyl (C=O) groups excluding carboxylic acids is 1. The van der Waals surface area contributed by atoms with Gasteiger partial charge in [-0.05, 0) is 56.6 Å². The molecule has 1 aromatic heterocycles. The lowest BCUT2D eigenvalue weighted by Crippen LogP contribution is -2.43. The van der Waals surface area contributed by atoms with Crippen molar-refractivity contribution in [2.75, 3.05) is 13.1 Å². The molecule has 1 aliphatic rings. The number of nitrogens with zero attached hydrogens (tertiary/aromatic N) is 2. The lowest BCUT2D eigenvalue weighted by molar-refractivity contribution is -0.133. The fourth-order valence-electron chi connectivity index (χ4n) is 3.76. The van der Waals surface area contributed by atoms with Crippen LogP contribution >= 0.6 is 0 Å². The molecule has 0 spiro atoms. The Morgan fingerprint density at radius 1 is 1.19 bits per heavy atom. The average molecular weight is 369 g/mol. The van der Waals surface area contributed by atoms with Gasteiger partial charge in [0.25, 0.3) is 5.56 Å². The minimum atomic E-state index is -0.535. The molecule has 1 saturated heterocycles. The number of aromatic nitrogens is 2. The van der Waals surface area contributed by atoms with E-state index in [2.05, 4.69) is 36.2 Å². The van der Waals surface area contributed by atoms with Crippen molar-refractivity contribution in [2.24, 2.45) is 5.92 Å². The number of nitrogens with one attached hydrogen (secondary N) is 1. The van der Waals surface area contributed by atoms with Crippen LogP contribution in [-0.2, 0) is 17.8 Å². The smallest absolute Gasteiger partial charge is 0.328 e. The minimum absolute atomic E-state index is 0.0268. The van der Waals surface area contributed by atoms with Gasteiger partial charge in [-0.2, -0.15) is 0 Å². The SMILES string of the molecule is Cc1ccccc1CCC1CCCN(C(=O)Cn2cc(C)c(=O)[nH]c2=O)C1. The monoisotopic (exact) mass is 369 g/mol. The summed E-state index contributed by atoms with van der Waals surface area (Å²) in [6.45, 7) is 5.21. The molecule has 2 heterocycles. The van der Waals surface area contributed by atoms with E-state index in [1.165, 1.54) is 21.9 Å². The highest BCUT2D eigenvalue weighted by Gasteiger charge is 2.24. The topological polar surface area (TPSA) is 75.2 Å². The molecule has 1 fully saturated rings. The van der Waals surface area contributed by atoms with Crippen LogP contribution in [-0.4, -0.2) is 33.4 Å². The molecule has 1 amide bonds. The quantitative estimate of drug-likeness (QED) is 0.876. The molecule has 1 atom stereocenters. The Kier molecular flexibility index (Phi) is 5.94. The van der Waals surface area contributed by atoms with Crippen LogP contribution in [0.15, 0.2) is 40.1 Å². The fourth-order valence-corrected chi connectivity index (χ4v) is 3.76. The van der Waals surface area contributed by atoms with Crippen LogP contribution in [0.4, 0.5) is 0 Å². The molecule has 6 heteroatoms. The van der Waals surface area contributed by atoms with Gasteiger partial charge in [-0.15, -0.1) is 0 Å². The third kappa shape index (κ3) is 4.76. The molecular weight excluding hydrogens is 342 g/mol. The zero-order valence-electron chi connectivity index (χ0n) is 16.0. The molecule has 144 valence electrons. The van der Waals surface area contributed by atoms with Gasteiger partial charge in [-0.25, -0.2) is 4.79 Å². The first-order chi connectivity index (χ1) is 12.9. The Hall–Kier alpha value is -2.63. The summed E-state index contributed by atoms with van der Waals surface area (Å²) in [6, 6.07) is 8.44. The lowest BCUT2D eigenvalue weighted by atomic mass is 9.90. The molecule has 0 bridgehead atoms. The molecule has 0 saturated carbocycles. The maximum Gasteiger partial charge on any atom is 0.328 e. The van der Waals surface area contributed by atoms with Gasteiger partial charge in [0.2, 0.25) is 5.91 Å². The zero-order valence-corrected chi connectivity index (χ0v) is 16.0. The van der Waals surface area contributed by atoms with E-state index in [1.54, 1.807) is 6.92 Å². The molecule has 0 aliphatic carbocycles. The second-order valence-electron chi connectivity index (χ2n) is 7.51. The summed E-state index contributed by atoms with van der Waals surface area (Å²) in [4.78, 5) is 40.1. The van der Waals surface area contributed by atoms with Crippen LogP contribution in [0.1, 0.15) is 36.0 Å². The van der Waals surface area contributed by atoms with Gasteiger partial charge >= 0.3 is 5.69 Å². The number of rotatable bonds is 5. The average Bonchev–Trinajstić information content (AvgIpc) is 2.65. The van der Waals surface area contributed by atoms with Crippen molar-refractivity contribution in [2.45, 2.75) is 46.1 Å². The highest BCUT2D eigenvalue weighted by Crippen LogP contribution is 2.22. The third-order valence-electron chi connectivity index (χ3n) is 5.45. The third-order valence-corrected chi connectivity index (χ3v) is 5.45. The largest absolute Gasteiger partial charge is 0.341 e. The zero-order chi connectivity index (χ0) is 19.4. The van der Waals surface area contributed by atoms with E-state index in [9.17, 15) is 14.4 Å². The van der Waals surface area contributed by atoms with Crippen molar-refractivity contribution in [1.82, 2.24) is 14.5 Å². The van der Waals surface area contributed by atoms with E-state index in [4.69, 9.17) is 0 Å². The van der Waals surface area contributed by atoms with Gasteiger partial charge in [0.05, 0.1) is 0 Å². The van der Waals surface area contributed by atoms with Gasteiger partial charge < -0.3 is 4.90 Å². The van der Waals surface area contributed by atoms with Crippen molar-refractivity contribution in [3.8, 4) is 0 Å². The fraction of sp³-hybridized carbons (Fsp3) is 0.476. The maximum atomic E-state index is 12.7. The van der Waals surface area contributed by atoms with Crippen LogP contribution in [0, 0.1) is 19.8 Å². The summed E-state index contributed by atoms with van der Waals surface area (Å²) in [7, 11) is 0. The lowest BCUT2D eigenvalue weighted by Gasteiger charge is -2.33. The van der Waals surface area contributed by atoms with E-state index in [0.29, 0.717) is 11.5 Å². The number of benzene rings is 1. The van der Waals surface area contributed by atoms with Crippen LogP contribution in [0.5, 0.6) is 0 Å². The Labute approximate surface area is 158 Å². The first-order valence-corrected chi connectivity index (χ1v) is 9.56. The van der Waals surface area contributed by atoms with Crippen LogP contribution in [0.3, 0.4) is 0 Å². The Bertz CT molecular complexity index is 929. The molecule has 3 rings (SSSR count). The second-order valence-corrected chi connectivity index (χ2v) is 7.51. The van der Waals surface area contributed by atoms with Crippen LogP contribution < -0.4 is 11.2 Å². The first kappa shape index (κ1) is 19.1. The first-order valence-electron chi connectivity index (χ1n) is 9.56. The number of H-pyrrole nitrogens is 1. The van der Waals surface area contributed by atoms with E-state index in [0.717, 1.165) is 38.8 Å². The molecule has 6 nitrogen and oxygen atoms in total. The molecule has 27 heavy (non-hydrogen) atoms. The summed E-state index contributed by atoms with van der Waals surface area (Å²) in [5.74, 6) is 0.417. The Morgan fingerprint density at radius 2 is 1.96 bits per heavy atom. The molecule has 1 N–H and O–H groups in total. The molecule has 1 aliphatic heterocycles. The maximum absolute atomic E-state index is 12.7. The number of hydrogen-bond donors (Lipinski definition) is 1. The highest BCUT2D eigenvalue weighted by molar-refractivity contribution is 5.76. The van der Waals surface area contributed by atoms with Gasteiger partial charge in [-0.1, -0.05) is 24.3 Å². The standard InChI is InChI=1S/C21H27N3O3/c1-15-6-3-4-8-18(15)10-9-17-7-5-11-23(13-17)19(25)14-24-12-16(2)20(26)22-21(24)27/h3-4,6,8,12,17H,5,7,9-11,13-14H2,1-2H3,(H,22,26,27). The number of aromatic amines is 1. The molecule has 1 unspecified atom stereocenters. The Balaban J connectivity index is 1.60. The predicted octanol–water partition coefficient (Wildman–Crippen LogP) is 2.02. The highest BCUT2D eigenvalue weighted by atomic mass is 16.2. The molecule has 0 radical (unpaired) electrons. The number of aryl methyl sites for hydroxylation is 3. The van der Waals surface area contributed by atoms with Crippen LogP contribution in [0.25, 0.3) is 0 Å².